The Morgan fingerprint density at radius 1 is 1.48 bits per heavy atom. The highest BCUT2D eigenvalue weighted by Crippen LogP contribution is 2.31. The fourth-order valence-corrected chi connectivity index (χ4v) is 3.56. The minimum absolute atomic E-state index is 0.126. The summed E-state index contributed by atoms with van der Waals surface area (Å²) in [4.78, 5) is 18.4. The van der Waals surface area contributed by atoms with E-state index >= 15 is 0 Å². The molecule has 4 nitrogen and oxygen atoms in total. The van der Waals surface area contributed by atoms with Crippen molar-refractivity contribution in [2.75, 3.05) is 19.8 Å². The molecule has 0 bridgehead atoms. The molecule has 0 spiro atoms. The smallest absolute Gasteiger partial charge is 0.248 e. The van der Waals surface area contributed by atoms with Crippen LogP contribution in [0.2, 0.25) is 0 Å². The van der Waals surface area contributed by atoms with Gasteiger partial charge in [0.15, 0.2) is 0 Å². The van der Waals surface area contributed by atoms with Crippen molar-refractivity contribution in [3.8, 4) is 0 Å². The minimum atomic E-state index is 0.126. The van der Waals surface area contributed by atoms with Gasteiger partial charge in [-0.2, -0.15) is 0 Å². The zero-order valence-corrected chi connectivity index (χ0v) is 13.7. The lowest BCUT2D eigenvalue weighted by Crippen LogP contribution is -2.48. The van der Waals surface area contributed by atoms with Crippen molar-refractivity contribution in [1.82, 2.24) is 9.88 Å². The molecule has 1 aliphatic carbocycles. The molecule has 0 aromatic carbocycles. The molecule has 1 saturated heterocycles. The van der Waals surface area contributed by atoms with Crippen LogP contribution in [0.5, 0.6) is 0 Å². The van der Waals surface area contributed by atoms with Gasteiger partial charge in [0.25, 0.3) is 0 Å². The Kier molecular flexibility index (Phi) is 4.40. The molecule has 1 fully saturated rings. The zero-order valence-electron chi connectivity index (χ0n) is 12.1. The van der Waals surface area contributed by atoms with Crippen LogP contribution in [0.1, 0.15) is 30.5 Å². The van der Waals surface area contributed by atoms with E-state index in [1.165, 1.54) is 11.1 Å². The van der Waals surface area contributed by atoms with E-state index in [-0.39, 0.29) is 12.5 Å². The molecule has 2 aliphatic rings. The lowest BCUT2D eigenvalue weighted by molar-refractivity contribution is -0.145. The maximum absolute atomic E-state index is 11.9. The van der Waals surface area contributed by atoms with E-state index in [0.29, 0.717) is 12.6 Å². The zero-order chi connectivity index (χ0) is 14.8. The maximum atomic E-state index is 11.9. The van der Waals surface area contributed by atoms with Gasteiger partial charge in [0.05, 0.1) is 12.3 Å². The predicted octanol–water partition coefficient (Wildman–Crippen LogP) is 2.95. The number of amides is 1. The summed E-state index contributed by atoms with van der Waals surface area (Å²) < 4.78 is 6.21. The first kappa shape index (κ1) is 14.7. The van der Waals surface area contributed by atoms with Gasteiger partial charge in [-0.3, -0.25) is 9.78 Å². The fraction of sp³-hybridized carbons (Fsp3) is 0.500. The molecule has 0 radical (unpaired) electrons. The first-order chi connectivity index (χ1) is 10.1. The van der Waals surface area contributed by atoms with Crippen LogP contribution < -0.4 is 0 Å². The van der Waals surface area contributed by atoms with Gasteiger partial charge < -0.3 is 9.64 Å². The number of carbonyl (C=O) groups is 1. The number of rotatable bonds is 2. The van der Waals surface area contributed by atoms with Gasteiger partial charge >= 0.3 is 0 Å². The van der Waals surface area contributed by atoms with Gasteiger partial charge in [-0.1, -0.05) is 6.08 Å². The quantitative estimate of drug-likeness (QED) is 0.823. The van der Waals surface area contributed by atoms with E-state index < -0.39 is 0 Å². The van der Waals surface area contributed by atoms with Crippen molar-refractivity contribution < 1.29 is 9.53 Å². The predicted molar refractivity (Wildman–Crippen MR) is 84.8 cm³/mol. The molecule has 1 aromatic heterocycles. The van der Waals surface area contributed by atoms with Crippen molar-refractivity contribution in [2.24, 2.45) is 0 Å². The number of hydrogen-bond donors (Lipinski definition) is 0. The van der Waals surface area contributed by atoms with Crippen molar-refractivity contribution in [3.05, 3.63) is 34.1 Å². The lowest BCUT2D eigenvalue weighted by Gasteiger charge is -2.36. The maximum Gasteiger partial charge on any atom is 0.248 e. The average Bonchev–Trinajstić information content (AvgIpc) is 2.48. The molecule has 112 valence electrons. The Balaban J connectivity index is 1.73. The highest BCUT2D eigenvalue weighted by molar-refractivity contribution is 9.10. The number of morpholine rings is 1. The van der Waals surface area contributed by atoms with Crippen molar-refractivity contribution in [3.63, 3.8) is 0 Å². The normalized spacial score (nSPS) is 23.1. The first-order valence-corrected chi connectivity index (χ1v) is 8.13. The number of halogens is 1. The number of pyridine rings is 1. The molecule has 5 heteroatoms. The molecule has 1 unspecified atom stereocenters. The fourth-order valence-electron chi connectivity index (χ4n) is 3.11. The molecule has 0 N–H and O–H groups in total. The van der Waals surface area contributed by atoms with E-state index in [9.17, 15) is 4.79 Å². The molecule has 21 heavy (non-hydrogen) atoms. The molecule has 1 atom stereocenters. The third-order valence-electron chi connectivity index (χ3n) is 4.20. The molecule has 3 rings (SSSR count). The van der Waals surface area contributed by atoms with Gasteiger partial charge in [-0.05, 0) is 59.3 Å². The van der Waals surface area contributed by atoms with E-state index in [0.717, 1.165) is 36.0 Å². The van der Waals surface area contributed by atoms with Crippen LogP contribution in [0.15, 0.2) is 22.8 Å². The van der Waals surface area contributed by atoms with Crippen LogP contribution >= 0.6 is 15.9 Å². The molecule has 0 saturated carbocycles. The third-order valence-corrected chi connectivity index (χ3v) is 4.63. The van der Waals surface area contributed by atoms with E-state index in [1.54, 1.807) is 0 Å². The van der Waals surface area contributed by atoms with Crippen molar-refractivity contribution in [1.29, 1.82) is 0 Å². The minimum Gasteiger partial charge on any atom is -0.370 e. The summed E-state index contributed by atoms with van der Waals surface area (Å²) in [6, 6.07) is 2.42. The molecular weight excluding hydrogens is 332 g/mol. The highest BCUT2D eigenvalue weighted by Gasteiger charge is 2.28. The third kappa shape index (κ3) is 3.19. The summed E-state index contributed by atoms with van der Waals surface area (Å²) in [5, 5.41) is 0. The molecule has 2 heterocycles. The van der Waals surface area contributed by atoms with Crippen LogP contribution in [0.25, 0.3) is 5.57 Å². The van der Waals surface area contributed by atoms with Crippen LogP contribution in [-0.4, -0.2) is 41.6 Å². The van der Waals surface area contributed by atoms with Crippen LogP contribution in [0.4, 0.5) is 0 Å². The number of nitrogens with zero attached hydrogens (tertiary/aromatic N) is 2. The van der Waals surface area contributed by atoms with Gasteiger partial charge in [-0.15, -0.1) is 0 Å². The first-order valence-electron chi connectivity index (χ1n) is 7.34. The van der Waals surface area contributed by atoms with Crippen molar-refractivity contribution >= 4 is 27.4 Å². The van der Waals surface area contributed by atoms with Gasteiger partial charge in [-0.25, -0.2) is 0 Å². The number of hydrogen-bond acceptors (Lipinski definition) is 3. The molecule has 1 amide bonds. The molecule has 1 aliphatic heterocycles. The number of carbonyl (C=O) groups excluding carboxylic acids is 1. The number of aromatic nitrogens is 1. The Hall–Kier alpha value is -1.20. The van der Waals surface area contributed by atoms with Crippen LogP contribution in [0.3, 0.4) is 0 Å². The highest BCUT2D eigenvalue weighted by atomic mass is 79.9. The number of allylic oxidation sites excluding steroid dienone is 1. The van der Waals surface area contributed by atoms with E-state index in [2.05, 4.69) is 40.0 Å². The second-order valence-corrected chi connectivity index (χ2v) is 6.53. The second-order valence-electron chi connectivity index (χ2n) is 5.62. The Labute approximate surface area is 133 Å². The molecular formula is C16H19BrN2O2. The number of ether oxygens (including phenoxy) is 1. The van der Waals surface area contributed by atoms with Gasteiger partial charge in [0.2, 0.25) is 5.91 Å². The summed E-state index contributed by atoms with van der Waals surface area (Å²) in [6.45, 7) is 3.71. The second kappa shape index (κ2) is 6.28. The topological polar surface area (TPSA) is 42.4 Å². The monoisotopic (exact) mass is 350 g/mol. The van der Waals surface area contributed by atoms with Gasteiger partial charge in [0, 0.05) is 23.3 Å². The summed E-state index contributed by atoms with van der Waals surface area (Å²) in [5.41, 5.74) is 3.58. The summed E-state index contributed by atoms with van der Waals surface area (Å²) >= 11 is 3.45. The van der Waals surface area contributed by atoms with Gasteiger partial charge in [0.1, 0.15) is 6.61 Å². The molecule has 1 aromatic rings. The summed E-state index contributed by atoms with van der Waals surface area (Å²) in [6.07, 6.45) is 7.00. The Bertz CT molecular complexity index is 586. The van der Waals surface area contributed by atoms with E-state index in [1.807, 2.05) is 11.1 Å². The Morgan fingerprint density at radius 3 is 3.00 bits per heavy atom. The van der Waals surface area contributed by atoms with Crippen LogP contribution in [-0.2, 0) is 9.53 Å². The van der Waals surface area contributed by atoms with E-state index in [4.69, 9.17) is 4.74 Å². The van der Waals surface area contributed by atoms with Crippen molar-refractivity contribution in [2.45, 2.75) is 32.2 Å². The lowest BCUT2D eigenvalue weighted by atomic mass is 9.90. The number of aryl methyl sites for hydroxylation is 1. The average molecular weight is 351 g/mol. The summed E-state index contributed by atoms with van der Waals surface area (Å²) in [7, 11) is 0. The SMILES string of the molecule is Cc1cc(Br)cnc1C1=CCC(N2CCOCC2=O)CC1. The standard InChI is InChI=1S/C16H19BrN2O2/c1-11-8-13(17)9-18-16(11)12-2-4-14(5-3-12)19-6-7-21-10-15(19)20/h2,8-9,14H,3-7,10H2,1H3. The van der Waals surface area contributed by atoms with Crippen LogP contribution in [0, 0.1) is 6.92 Å². The largest absolute Gasteiger partial charge is 0.370 e. The summed E-state index contributed by atoms with van der Waals surface area (Å²) in [5.74, 6) is 0.126. The Morgan fingerprint density at radius 2 is 2.33 bits per heavy atom.